The summed E-state index contributed by atoms with van der Waals surface area (Å²) >= 11 is 0. The number of hydrogen-bond acceptors (Lipinski definition) is 10. The Morgan fingerprint density at radius 1 is 0.250 bits per heavy atom. The van der Waals surface area contributed by atoms with Gasteiger partial charge in [0.1, 0.15) is 38.9 Å². The summed E-state index contributed by atoms with van der Waals surface area (Å²) in [5.41, 5.74) is 22.9. The van der Waals surface area contributed by atoms with Crippen LogP contribution in [0, 0.1) is 0 Å². The molecule has 0 bridgehead atoms. The van der Waals surface area contributed by atoms with Gasteiger partial charge < -0.3 is 30.9 Å². The van der Waals surface area contributed by atoms with E-state index in [4.69, 9.17) is 30.9 Å². The van der Waals surface area contributed by atoms with Gasteiger partial charge in [-0.05, 0) is 206 Å². The van der Waals surface area contributed by atoms with Crippen molar-refractivity contribution in [2.24, 2.45) is 0 Å². The summed E-state index contributed by atoms with van der Waals surface area (Å²) < 4.78 is 36.7. The van der Waals surface area contributed by atoms with Gasteiger partial charge in [0.2, 0.25) is 0 Å². The van der Waals surface area contributed by atoms with Crippen LogP contribution in [-0.4, -0.2) is 15.0 Å². The van der Waals surface area contributed by atoms with E-state index in [-0.39, 0.29) is 0 Å². The van der Waals surface area contributed by atoms with Gasteiger partial charge in [0, 0.05) is 21.5 Å². The van der Waals surface area contributed by atoms with Crippen molar-refractivity contribution < 1.29 is 30.9 Å². The number of hydrogen-bond donors (Lipinski definition) is 0. The van der Waals surface area contributed by atoms with Crippen LogP contribution >= 0.6 is 0 Å². The summed E-state index contributed by atoms with van der Waals surface area (Å²) in [4.78, 5) is 12.2. The summed E-state index contributed by atoms with van der Waals surface area (Å²) in [6.07, 6.45) is 16.9. The third kappa shape index (κ3) is 19.1. The van der Waals surface area contributed by atoms with Crippen LogP contribution in [0.25, 0.3) is 83.3 Å². The fourth-order valence-electron chi connectivity index (χ4n) is 10.7. The lowest BCUT2D eigenvalue weighted by Gasteiger charge is -2.07. The second-order valence-electron chi connectivity index (χ2n) is 26.9. The predicted molar refractivity (Wildman–Crippen MR) is 399 cm³/mol. The Morgan fingerprint density at radius 3 is 0.990 bits per heavy atom. The van der Waals surface area contributed by atoms with Crippen molar-refractivity contribution in [2.75, 3.05) is 0 Å². The van der Waals surface area contributed by atoms with Crippen molar-refractivity contribution in [3.8, 4) is 0 Å². The molecule has 0 unspecified atom stereocenters. The van der Waals surface area contributed by atoms with Gasteiger partial charge in [-0.3, -0.25) is 0 Å². The Hall–Kier alpha value is -9.93. The fraction of sp³-hybridized carbons (Fsp3) is 0.291. The molecular formula is C86H95N3O7. The lowest BCUT2D eigenvalue weighted by Crippen LogP contribution is -1.89. The molecule has 0 radical (unpaired) electrons. The van der Waals surface area contributed by atoms with Crippen LogP contribution in [0.15, 0.2) is 251 Å². The van der Waals surface area contributed by atoms with Crippen molar-refractivity contribution in [2.45, 2.75) is 165 Å². The van der Waals surface area contributed by atoms with Crippen molar-refractivity contribution >= 4 is 83.3 Å². The van der Waals surface area contributed by atoms with Gasteiger partial charge in [0.25, 0.3) is 0 Å². The zero-order valence-corrected chi connectivity index (χ0v) is 58.9. The molecule has 0 N–H and O–H groups in total. The number of oxazole rings is 3. The molecule has 10 heteroatoms. The minimum Gasteiger partial charge on any atom is -0.464 e. The van der Waals surface area contributed by atoms with Crippen LogP contribution in [-0.2, 0) is 6.42 Å². The third-order valence-corrected chi connectivity index (χ3v) is 17.1. The summed E-state index contributed by atoms with van der Waals surface area (Å²) in [5.74, 6) is 4.59. The van der Waals surface area contributed by atoms with E-state index in [1.54, 1.807) is 25.1 Å². The highest BCUT2D eigenvalue weighted by Crippen LogP contribution is 2.29. The first-order chi connectivity index (χ1) is 46.2. The zero-order chi connectivity index (χ0) is 68.4. The molecule has 496 valence electrons. The van der Waals surface area contributed by atoms with Gasteiger partial charge in [-0.15, -0.1) is 0 Å². The largest absolute Gasteiger partial charge is 0.464 e. The van der Waals surface area contributed by atoms with Crippen molar-refractivity contribution in [3.05, 3.63) is 276 Å². The van der Waals surface area contributed by atoms with Crippen LogP contribution in [0.4, 0.5) is 0 Å². The van der Waals surface area contributed by atoms with Gasteiger partial charge in [0.15, 0.2) is 35.9 Å². The number of aromatic nitrogens is 3. The fourth-order valence-corrected chi connectivity index (χ4v) is 10.7. The standard InChI is InChI=1S/C12H14.4C11H12O.3C10H11NO/c1-9(2)11-7-6-10-4-3-5-12(10)8-11;2*1-8(2)9-3-4-11-10(7-9)5-6-12-11;2*1-8(2)10-4-3-9-5-6-12-11(9)7-10;1-7(2)8-3-4-10-9(5-8)11-6-12-10;2*1-7(2)8-3-4-9-10(5-8)12-6-11-9/h3,5-9H,4H2,1-2H3;4*3-8H,1-2H3;3*3-7H,1-2H3. The van der Waals surface area contributed by atoms with Gasteiger partial charge in [-0.25, -0.2) is 15.0 Å². The number of rotatable bonds is 8. The van der Waals surface area contributed by atoms with E-state index >= 15 is 0 Å². The van der Waals surface area contributed by atoms with Crippen LogP contribution in [0.3, 0.4) is 0 Å². The molecule has 0 fully saturated rings. The molecule has 0 saturated carbocycles. The Morgan fingerprint density at radius 2 is 0.562 bits per heavy atom. The SMILES string of the molecule is CC(C)c1ccc2c(c1)C=CC2.CC(C)c1ccc2ccoc2c1.CC(C)c1ccc2ccoc2c1.CC(C)c1ccc2ncoc2c1.CC(C)c1ccc2ncoc2c1.CC(C)c1ccc2occc2c1.CC(C)c1ccc2occc2c1.CC(C)c1ccc2ocnc2c1. The molecule has 8 aromatic carbocycles. The molecule has 0 atom stereocenters. The van der Waals surface area contributed by atoms with Crippen LogP contribution < -0.4 is 0 Å². The second kappa shape index (κ2) is 33.4. The van der Waals surface area contributed by atoms with Gasteiger partial charge >= 0.3 is 0 Å². The summed E-state index contributed by atoms with van der Waals surface area (Å²) in [7, 11) is 0. The first-order valence-corrected chi connectivity index (χ1v) is 33.8. The van der Waals surface area contributed by atoms with E-state index < -0.39 is 0 Å². The minimum absolute atomic E-state index is 0.541. The van der Waals surface area contributed by atoms with Gasteiger partial charge in [0.05, 0.1) is 25.1 Å². The maximum Gasteiger partial charge on any atom is 0.181 e. The predicted octanol–water partition coefficient (Wildman–Crippen LogP) is 26.5. The summed E-state index contributed by atoms with van der Waals surface area (Å²) in [6.45, 7) is 35.0. The number of allylic oxidation sites excluding steroid dienone is 1. The molecule has 0 spiro atoms. The zero-order valence-electron chi connectivity index (χ0n) is 58.9. The quantitative estimate of drug-likeness (QED) is 0.145. The maximum absolute atomic E-state index is 5.31. The molecule has 7 aromatic heterocycles. The number of furan rings is 4. The van der Waals surface area contributed by atoms with Crippen LogP contribution in [0.1, 0.15) is 214 Å². The molecule has 10 nitrogen and oxygen atoms in total. The molecule has 0 aliphatic heterocycles. The highest BCUT2D eigenvalue weighted by molar-refractivity contribution is 5.81. The Balaban J connectivity index is 0.000000129. The lowest BCUT2D eigenvalue weighted by molar-refractivity contribution is 0.601. The van der Waals surface area contributed by atoms with Crippen molar-refractivity contribution in [1.82, 2.24) is 15.0 Å². The highest BCUT2D eigenvalue weighted by atomic mass is 16.3. The molecule has 0 saturated heterocycles. The van der Waals surface area contributed by atoms with E-state index in [1.807, 2.05) is 66.7 Å². The molecule has 1 aliphatic rings. The average Bonchev–Trinajstić information content (AvgIpc) is 2.17. The first-order valence-electron chi connectivity index (χ1n) is 33.8. The second-order valence-corrected chi connectivity index (χ2v) is 26.9. The molecule has 7 heterocycles. The van der Waals surface area contributed by atoms with E-state index in [1.165, 1.54) is 96.4 Å². The smallest absolute Gasteiger partial charge is 0.181 e. The van der Waals surface area contributed by atoms with Gasteiger partial charge in [-0.2, -0.15) is 0 Å². The number of benzene rings is 8. The Bertz CT molecular complexity index is 4100. The Kier molecular flexibility index (Phi) is 24.5. The summed E-state index contributed by atoms with van der Waals surface area (Å²) in [5, 5.41) is 4.75. The Labute approximate surface area is 566 Å². The monoisotopic (exact) mass is 1280 g/mol. The molecule has 15 aromatic rings. The molecule has 1 aliphatic carbocycles. The number of fused-ring (bicyclic) bond motifs is 8. The van der Waals surface area contributed by atoms with E-state index in [0.29, 0.717) is 47.3 Å². The third-order valence-electron chi connectivity index (χ3n) is 17.1. The first kappa shape index (κ1) is 70.4. The molecule has 96 heavy (non-hydrogen) atoms. The molecule has 16 rings (SSSR count). The van der Waals surface area contributed by atoms with E-state index in [2.05, 4.69) is 241 Å². The van der Waals surface area contributed by atoms with Crippen LogP contribution in [0.5, 0.6) is 0 Å². The highest BCUT2D eigenvalue weighted by Gasteiger charge is 2.10. The number of nitrogens with zero attached hydrogens (tertiary/aromatic N) is 3. The average molecular weight is 1280 g/mol. The lowest BCUT2D eigenvalue weighted by atomic mass is 9.99. The topological polar surface area (TPSA) is 131 Å². The van der Waals surface area contributed by atoms with E-state index in [0.717, 1.165) is 62.1 Å². The van der Waals surface area contributed by atoms with Crippen LogP contribution in [0.2, 0.25) is 0 Å². The molecular weight excluding hydrogens is 1190 g/mol. The minimum atomic E-state index is 0.541. The van der Waals surface area contributed by atoms with Crippen molar-refractivity contribution in [1.29, 1.82) is 0 Å². The van der Waals surface area contributed by atoms with Crippen molar-refractivity contribution in [3.63, 3.8) is 0 Å². The summed E-state index contributed by atoms with van der Waals surface area (Å²) in [6, 6.07) is 58.6. The normalized spacial score (nSPS) is 11.6. The van der Waals surface area contributed by atoms with E-state index in [9.17, 15) is 0 Å². The van der Waals surface area contributed by atoms with Gasteiger partial charge in [-0.1, -0.05) is 196 Å². The molecule has 0 amide bonds. The maximum atomic E-state index is 5.31.